The van der Waals surface area contributed by atoms with Crippen molar-refractivity contribution in [2.45, 2.75) is 38.3 Å². The normalized spacial score (nSPS) is 22.9. The van der Waals surface area contributed by atoms with E-state index >= 15 is 0 Å². The van der Waals surface area contributed by atoms with Crippen molar-refractivity contribution in [1.29, 1.82) is 0 Å². The highest BCUT2D eigenvalue weighted by Crippen LogP contribution is 2.15. The Morgan fingerprint density at radius 2 is 1.86 bits per heavy atom. The van der Waals surface area contributed by atoms with E-state index in [2.05, 4.69) is 11.2 Å². The first-order chi connectivity index (χ1) is 6.35. The van der Waals surface area contributed by atoms with Crippen LogP contribution in [0.2, 0.25) is 0 Å². The van der Waals surface area contributed by atoms with Gasteiger partial charge in [0.2, 0.25) is 0 Å². The molecule has 0 radical (unpaired) electrons. The van der Waals surface area contributed by atoms with Crippen molar-refractivity contribution >= 4 is 9.84 Å². The van der Waals surface area contributed by atoms with Gasteiger partial charge in [-0.05, 0) is 26.7 Å². The van der Waals surface area contributed by atoms with Crippen LogP contribution < -0.4 is 5.32 Å². The van der Waals surface area contributed by atoms with Crippen LogP contribution in [0.4, 0.5) is 0 Å². The van der Waals surface area contributed by atoms with E-state index in [0.29, 0.717) is 12.8 Å². The Morgan fingerprint density at radius 1 is 1.36 bits per heavy atom. The van der Waals surface area contributed by atoms with Crippen molar-refractivity contribution in [3.8, 4) is 12.3 Å². The molecule has 0 amide bonds. The minimum absolute atomic E-state index is 0.240. The molecule has 1 N–H and O–H groups in total. The van der Waals surface area contributed by atoms with Gasteiger partial charge in [0.1, 0.15) is 9.84 Å². The Balaban J connectivity index is 2.49. The lowest BCUT2D eigenvalue weighted by Crippen LogP contribution is -2.48. The minimum Gasteiger partial charge on any atom is -0.299 e. The molecule has 1 fully saturated rings. The van der Waals surface area contributed by atoms with Crippen LogP contribution in [-0.4, -0.2) is 31.5 Å². The standard InChI is InChI=1S/C10H17NO2S/c1-4-10(2,3)11-9-5-7-14(12,13)8-6-9/h1,9,11H,5-8H2,2-3H3. The summed E-state index contributed by atoms with van der Waals surface area (Å²) in [6.07, 6.45) is 6.69. The summed E-state index contributed by atoms with van der Waals surface area (Å²) in [6, 6.07) is 0.240. The summed E-state index contributed by atoms with van der Waals surface area (Å²) in [5, 5.41) is 3.28. The van der Waals surface area contributed by atoms with E-state index in [1.165, 1.54) is 0 Å². The summed E-state index contributed by atoms with van der Waals surface area (Å²) in [5.74, 6) is 3.21. The summed E-state index contributed by atoms with van der Waals surface area (Å²) < 4.78 is 22.3. The molecule has 0 aromatic rings. The number of nitrogens with one attached hydrogen (secondary N) is 1. The van der Waals surface area contributed by atoms with Crippen LogP contribution in [-0.2, 0) is 9.84 Å². The van der Waals surface area contributed by atoms with Gasteiger partial charge < -0.3 is 0 Å². The second kappa shape index (κ2) is 3.92. The molecule has 0 aromatic carbocycles. The lowest BCUT2D eigenvalue weighted by molar-refractivity contribution is 0.379. The minimum atomic E-state index is -2.77. The average molecular weight is 215 g/mol. The van der Waals surface area contributed by atoms with Gasteiger partial charge in [0.05, 0.1) is 17.0 Å². The van der Waals surface area contributed by atoms with Crippen molar-refractivity contribution in [3.63, 3.8) is 0 Å². The van der Waals surface area contributed by atoms with Gasteiger partial charge in [0.15, 0.2) is 0 Å². The Bertz CT molecular complexity index is 324. The first-order valence-corrected chi connectivity index (χ1v) is 6.63. The zero-order chi connectivity index (χ0) is 10.8. The Morgan fingerprint density at radius 3 is 2.29 bits per heavy atom. The SMILES string of the molecule is C#CC(C)(C)NC1CCS(=O)(=O)CC1. The molecule has 0 saturated carbocycles. The largest absolute Gasteiger partial charge is 0.299 e. The van der Waals surface area contributed by atoms with Gasteiger partial charge in [0.25, 0.3) is 0 Å². The molecule has 1 rings (SSSR count). The number of hydrogen-bond acceptors (Lipinski definition) is 3. The zero-order valence-electron chi connectivity index (χ0n) is 8.71. The lowest BCUT2D eigenvalue weighted by Gasteiger charge is -2.30. The van der Waals surface area contributed by atoms with Gasteiger partial charge in [-0.25, -0.2) is 8.42 Å². The maximum absolute atomic E-state index is 11.2. The molecular weight excluding hydrogens is 198 g/mol. The monoisotopic (exact) mass is 215 g/mol. The topological polar surface area (TPSA) is 46.2 Å². The Hall–Kier alpha value is -0.530. The number of hydrogen-bond donors (Lipinski definition) is 1. The zero-order valence-corrected chi connectivity index (χ0v) is 9.52. The van der Waals surface area contributed by atoms with Crippen LogP contribution in [0.5, 0.6) is 0 Å². The van der Waals surface area contributed by atoms with E-state index in [-0.39, 0.29) is 23.1 Å². The maximum atomic E-state index is 11.2. The molecule has 1 heterocycles. The van der Waals surface area contributed by atoms with Crippen LogP contribution in [0.1, 0.15) is 26.7 Å². The molecule has 0 bridgehead atoms. The molecule has 0 atom stereocenters. The molecule has 4 heteroatoms. The van der Waals surface area contributed by atoms with Gasteiger partial charge in [-0.2, -0.15) is 0 Å². The average Bonchev–Trinajstić information content (AvgIpc) is 2.09. The van der Waals surface area contributed by atoms with Crippen LogP contribution in [0.15, 0.2) is 0 Å². The molecule has 14 heavy (non-hydrogen) atoms. The molecule has 0 unspecified atom stereocenters. The highest BCUT2D eigenvalue weighted by Gasteiger charge is 2.26. The summed E-state index contributed by atoms with van der Waals surface area (Å²) in [5.41, 5.74) is -0.341. The van der Waals surface area contributed by atoms with Crippen molar-refractivity contribution in [2.75, 3.05) is 11.5 Å². The predicted molar refractivity (Wildman–Crippen MR) is 57.7 cm³/mol. The van der Waals surface area contributed by atoms with Gasteiger partial charge in [0, 0.05) is 6.04 Å². The van der Waals surface area contributed by atoms with Crippen molar-refractivity contribution in [1.82, 2.24) is 5.32 Å². The molecule has 1 aliphatic heterocycles. The fourth-order valence-electron chi connectivity index (χ4n) is 1.59. The van der Waals surface area contributed by atoms with E-state index in [4.69, 9.17) is 6.42 Å². The van der Waals surface area contributed by atoms with Crippen molar-refractivity contribution in [2.24, 2.45) is 0 Å². The highest BCUT2D eigenvalue weighted by atomic mass is 32.2. The van der Waals surface area contributed by atoms with E-state index in [9.17, 15) is 8.42 Å². The van der Waals surface area contributed by atoms with E-state index < -0.39 is 9.84 Å². The summed E-state index contributed by atoms with van der Waals surface area (Å²) >= 11 is 0. The highest BCUT2D eigenvalue weighted by molar-refractivity contribution is 7.91. The molecule has 3 nitrogen and oxygen atoms in total. The molecule has 0 aromatic heterocycles. The smallest absolute Gasteiger partial charge is 0.150 e. The third kappa shape index (κ3) is 3.32. The van der Waals surface area contributed by atoms with Crippen LogP contribution in [0.25, 0.3) is 0 Å². The van der Waals surface area contributed by atoms with Crippen molar-refractivity contribution < 1.29 is 8.42 Å². The summed E-state index contributed by atoms with van der Waals surface area (Å²) in [7, 11) is -2.77. The van der Waals surface area contributed by atoms with E-state index in [0.717, 1.165) is 0 Å². The first-order valence-electron chi connectivity index (χ1n) is 4.80. The van der Waals surface area contributed by atoms with E-state index in [1.54, 1.807) is 0 Å². The third-order valence-corrected chi connectivity index (χ3v) is 4.20. The van der Waals surface area contributed by atoms with Gasteiger partial charge in [-0.3, -0.25) is 5.32 Å². The van der Waals surface area contributed by atoms with Crippen molar-refractivity contribution in [3.05, 3.63) is 0 Å². The van der Waals surface area contributed by atoms with Gasteiger partial charge in [-0.1, -0.05) is 5.92 Å². The lowest BCUT2D eigenvalue weighted by atomic mass is 10.0. The summed E-state index contributed by atoms with van der Waals surface area (Å²) in [6.45, 7) is 3.85. The van der Waals surface area contributed by atoms with Gasteiger partial charge >= 0.3 is 0 Å². The fourth-order valence-corrected chi connectivity index (χ4v) is 3.08. The maximum Gasteiger partial charge on any atom is 0.150 e. The van der Waals surface area contributed by atoms with Crippen LogP contribution in [0, 0.1) is 12.3 Å². The predicted octanol–water partition coefficient (Wildman–Crippen LogP) is 0.565. The molecule has 1 saturated heterocycles. The van der Waals surface area contributed by atoms with Crippen LogP contribution >= 0.6 is 0 Å². The number of sulfone groups is 1. The molecule has 1 aliphatic rings. The number of terminal acetylenes is 1. The number of rotatable bonds is 2. The quantitative estimate of drug-likeness (QED) is 0.685. The molecule has 0 aliphatic carbocycles. The third-order valence-electron chi connectivity index (χ3n) is 2.48. The van der Waals surface area contributed by atoms with Crippen LogP contribution in [0.3, 0.4) is 0 Å². The van der Waals surface area contributed by atoms with Gasteiger partial charge in [-0.15, -0.1) is 6.42 Å². The molecule has 0 spiro atoms. The molecular formula is C10H17NO2S. The molecule has 80 valence electrons. The second-order valence-corrected chi connectivity index (χ2v) is 6.64. The first kappa shape index (κ1) is 11.5. The van der Waals surface area contributed by atoms with E-state index in [1.807, 2.05) is 13.8 Å². The second-order valence-electron chi connectivity index (χ2n) is 4.34. The Kier molecular flexibility index (Phi) is 3.23. The fraction of sp³-hybridized carbons (Fsp3) is 0.800. The Labute approximate surface area is 86.2 Å². The summed E-state index contributed by atoms with van der Waals surface area (Å²) in [4.78, 5) is 0.